The molecule has 126 valence electrons. The third-order valence-electron chi connectivity index (χ3n) is 4.88. The highest BCUT2D eigenvalue weighted by molar-refractivity contribution is 5.94. The van der Waals surface area contributed by atoms with E-state index in [0.29, 0.717) is 30.5 Å². The molecule has 0 bridgehead atoms. The maximum Gasteiger partial charge on any atom is 0.289 e. The number of carbonyl (C=O) groups excluding carboxylic acids is 2. The molecule has 1 atom stereocenters. The van der Waals surface area contributed by atoms with Crippen molar-refractivity contribution in [2.75, 3.05) is 19.6 Å². The number of imidazole rings is 1. The summed E-state index contributed by atoms with van der Waals surface area (Å²) in [5.41, 5.74) is 1.09. The van der Waals surface area contributed by atoms with Crippen molar-refractivity contribution >= 4 is 22.8 Å². The van der Waals surface area contributed by atoms with Gasteiger partial charge in [0.15, 0.2) is 5.82 Å². The van der Waals surface area contributed by atoms with Crippen LogP contribution in [0.3, 0.4) is 0 Å². The topological polar surface area (TPSA) is 69.3 Å². The van der Waals surface area contributed by atoms with Crippen LogP contribution < -0.4 is 0 Å². The SMILES string of the molecule is O=C(c1nc2ccc(F)cc2[nH]1)N1CCC[C@H](N2CCCC2=O)C1. The van der Waals surface area contributed by atoms with E-state index >= 15 is 0 Å². The van der Waals surface area contributed by atoms with Crippen molar-refractivity contribution < 1.29 is 14.0 Å². The van der Waals surface area contributed by atoms with Crippen LogP contribution in [0.4, 0.5) is 4.39 Å². The molecule has 6 nitrogen and oxygen atoms in total. The number of likely N-dealkylation sites (tertiary alicyclic amines) is 2. The Balaban J connectivity index is 1.53. The molecule has 24 heavy (non-hydrogen) atoms. The molecule has 2 aliphatic heterocycles. The zero-order valence-electron chi connectivity index (χ0n) is 13.3. The average molecular weight is 330 g/mol. The van der Waals surface area contributed by atoms with Gasteiger partial charge in [0.25, 0.3) is 5.91 Å². The van der Waals surface area contributed by atoms with Crippen LogP contribution in [-0.2, 0) is 4.79 Å². The molecule has 4 rings (SSSR count). The zero-order valence-corrected chi connectivity index (χ0v) is 13.3. The molecule has 7 heteroatoms. The maximum atomic E-state index is 13.3. The van der Waals surface area contributed by atoms with Gasteiger partial charge in [-0.3, -0.25) is 9.59 Å². The summed E-state index contributed by atoms with van der Waals surface area (Å²) in [6.45, 7) is 1.98. The lowest BCUT2D eigenvalue weighted by Crippen LogP contribution is -2.50. The lowest BCUT2D eigenvalue weighted by molar-refractivity contribution is -0.130. The van der Waals surface area contributed by atoms with E-state index < -0.39 is 0 Å². The van der Waals surface area contributed by atoms with Crippen LogP contribution in [-0.4, -0.2) is 57.3 Å². The van der Waals surface area contributed by atoms with Crippen molar-refractivity contribution in [1.82, 2.24) is 19.8 Å². The summed E-state index contributed by atoms with van der Waals surface area (Å²) < 4.78 is 13.3. The van der Waals surface area contributed by atoms with Gasteiger partial charge in [-0.25, -0.2) is 9.37 Å². The van der Waals surface area contributed by atoms with Crippen molar-refractivity contribution in [1.29, 1.82) is 0 Å². The van der Waals surface area contributed by atoms with Crippen molar-refractivity contribution in [3.63, 3.8) is 0 Å². The van der Waals surface area contributed by atoms with Crippen molar-refractivity contribution in [2.24, 2.45) is 0 Å². The summed E-state index contributed by atoms with van der Waals surface area (Å²) in [6, 6.07) is 4.31. The van der Waals surface area contributed by atoms with Gasteiger partial charge in [-0.1, -0.05) is 0 Å². The Hall–Kier alpha value is -2.44. The van der Waals surface area contributed by atoms with Crippen LogP contribution in [0.15, 0.2) is 18.2 Å². The van der Waals surface area contributed by atoms with E-state index in [-0.39, 0.29) is 29.5 Å². The van der Waals surface area contributed by atoms with Crippen LogP contribution in [0.5, 0.6) is 0 Å². The van der Waals surface area contributed by atoms with Crippen molar-refractivity contribution in [3.8, 4) is 0 Å². The fraction of sp³-hybridized carbons (Fsp3) is 0.471. The first-order valence-electron chi connectivity index (χ1n) is 8.36. The number of nitrogens with zero attached hydrogens (tertiary/aromatic N) is 3. The molecule has 3 heterocycles. The van der Waals surface area contributed by atoms with Crippen molar-refractivity contribution in [3.05, 3.63) is 29.8 Å². The largest absolute Gasteiger partial charge is 0.338 e. The Kier molecular flexibility index (Phi) is 3.70. The number of halogens is 1. The van der Waals surface area contributed by atoms with Gasteiger partial charge >= 0.3 is 0 Å². The minimum atomic E-state index is -0.365. The summed E-state index contributed by atoms with van der Waals surface area (Å²) in [5, 5.41) is 0. The molecule has 2 saturated heterocycles. The van der Waals surface area contributed by atoms with E-state index in [1.165, 1.54) is 12.1 Å². The molecule has 1 N–H and O–H groups in total. The summed E-state index contributed by atoms with van der Waals surface area (Å²) in [6.07, 6.45) is 3.31. The predicted molar refractivity (Wildman–Crippen MR) is 85.9 cm³/mol. The standard InChI is InChI=1S/C17H19FN4O2/c18-11-5-6-13-14(9-11)20-16(19-13)17(24)21-7-1-3-12(10-21)22-8-2-4-15(22)23/h5-6,9,12H,1-4,7-8,10H2,(H,19,20)/t12-/m0/s1. The molecule has 2 amide bonds. The van der Waals surface area contributed by atoms with E-state index in [4.69, 9.17) is 0 Å². The van der Waals surface area contributed by atoms with E-state index in [9.17, 15) is 14.0 Å². The van der Waals surface area contributed by atoms with Gasteiger partial charge in [-0.2, -0.15) is 0 Å². The van der Waals surface area contributed by atoms with Crippen LogP contribution >= 0.6 is 0 Å². The first-order valence-corrected chi connectivity index (χ1v) is 8.36. The molecule has 0 unspecified atom stereocenters. The molecule has 1 aromatic heterocycles. The Morgan fingerprint density at radius 3 is 2.96 bits per heavy atom. The Bertz CT molecular complexity index is 803. The summed E-state index contributed by atoms with van der Waals surface area (Å²) >= 11 is 0. The molecule has 2 aliphatic rings. The Labute approximate surface area is 138 Å². The highest BCUT2D eigenvalue weighted by Crippen LogP contribution is 2.23. The number of aromatic nitrogens is 2. The van der Waals surface area contributed by atoms with Gasteiger partial charge in [0.2, 0.25) is 5.91 Å². The Morgan fingerprint density at radius 2 is 2.17 bits per heavy atom. The lowest BCUT2D eigenvalue weighted by Gasteiger charge is -2.37. The maximum absolute atomic E-state index is 13.3. The van der Waals surface area contributed by atoms with Gasteiger partial charge in [0.05, 0.1) is 11.0 Å². The normalized spacial score (nSPS) is 21.7. The van der Waals surface area contributed by atoms with Gasteiger partial charge in [0, 0.05) is 32.1 Å². The number of hydrogen-bond donors (Lipinski definition) is 1. The number of aromatic amines is 1. The molecule has 0 radical (unpaired) electrons. The quantitative estimate of drug-likeness (QED) is 0.915. The molecule has 0 saturated carbocycles. The number of fused-ring (bicyclic) bond motifs is 1. The van der Waals surface area contributed by atoms with Crippen LogP contribution in [0, 0.1) is 5.82 Å². The van der Waals surface area contributed by atoms with Gasteiger partial charge in [-0.05, 0) is 37.5 Å². The van der Waals surface area contributed by atoms with Gasteiger partial charge in [-0.15, -0.1) is 0 Å². The predicted octanol–water partition coefficient (Wildman–Crippen LogP) is 1.93. The molecule has 0 aliphatic carbocycles. The number of carbonyl (C=O) groups is 2. The molecule has 2 fully saturated rings. The number of H-pyrrole nitrogens is 1. The van der Waals surface area contributed by atoms with Gasteiger partial charge in [0.1, 0.15) is 5.82 Å². The molecule has 0 spiro atoms. The Morgan fingerprint density at radius 1 is 1.29 bits per heavy atom. The molecular weight excluding hydrogens is 311 g/mol. The highest BCUT2D eigenvalue weighted by atomic mass is 19.1. The molecular formula is C17H19FN4O2. The van der Waals surface area contributed by atoms with Gasteiger partial charge < -0.3 is 14.8 Å². The first-order chi connectivity index (χ1) is 11.6. The number of amides is 2. The van der Waals surface area contributed by atoms with Crippen LogP contribution in [0.2, 0.25) is 0 Å². The minimum absolute atomic E-state index is 0.0968. The minimum Gasteiger partial charge on any atom is -0.338 e. The second-order valence-corrected chi connectivity index (χ2v) is 6.48. The number of benzene rings is 1. The zero-order chi connectivity index (χ0) is 16.7. The summed E-state index contributed by atoms with van der Waals surface area (Å²) in [5.74, 6) is -0.142. The van der Waals surface area contributed by atoms with Crippen molar-refractivity contribution in [2.45, 2.75) is 31.7 Å². The third-order valence-corrected chi connectivity index (χ3v) is 4.88. The average Bonchev–Trinajstić information content (AvgIpc) is 3.20. The van der Waals surface area contributed by atoms with E-state index in [0.717, 1.165) is 25.8 Å². The van der Waals surface area contributed by atoms with Crippen LogP contribution in [0.1, 0.15) is 36.3 Å². The third kappa shape index (κ3) is 2.64. The summed E-state index contributed by atoms with van der Waals surface area (Å²) in [7, 11) is 0. The molecule has 2 aromatic rings. The van der Waals surface area contributed by atoms with E-state index in [2.05, 4.69) is 9.97 Å². The molecule has 1 aromatic carbocycles. The fourth-order valence-corrected chi connectivity index (χ4v) is 3.68. The number of nitrogens with one attached hydrogen (secondary N) is 1. The van der Waals surface area contributed by atoms with E-state index in [1.54, 1.807) is 11.0 Å². The second kappa shape index (κ2) is 5.89. The van der Waals surface area contributed by atoms with Crippen LogP contribution in [0.25, 0.3) is 11.0 Å². The number of hydrogen-bond acceptors (Lipinski definition) is 3. The second-order valence-electron chi connectivity index (χ2n) is 6.48. The first kappa shape index (κ1) is 15.1. The number of piperidine rings is 1. The highest BCUT2D eigenvalue weighted by Gasteiger charge is 2.33. The number of rotatable bonds is 2. The monoisotopic (exact) mass is 330 g/mol. The fourth-order valence-electron chi connectivity index (χ4n) is 3.68. The smallest absolute Gasteiger partial charge is 0.289 e. The van der Waals surface area contributed by atoms with E-state index in [1.807, 2.05) is 4.90 Å². The lowest BCUT2D eigenvalue weighted by atomic mass is 10.0. The summed E-state index contributed by atoms with van der Waals surface area (Å²) in [4.78, 5) is 35.5.